The van der Waals surface area contributed by atoms with Gasteiger partial charge in [-0.1, -0.05) is 0 Å². The van der Waals surface area contributed by atoms with Gasteiger partial charge in [0.15, 0.2) is 5.82 Å². The molecule has 0 radical (unpaired) electrons. The minimum atomic E-state index is -0.509. The van der Waals surface area contributed by atoms with Gasteiger partial charge in [0.25, 0.3) is 0 Å². The van der Waals surface area contributed by atoms with E-state index >= 15 is 0 Å². The van der Waals surface area contributed by atoms with Gasteiger partial charge in [0.2, 0.25) is 5.91 Å². The van der Waals surface area contributed by atoms with Gasteiger partial charge in [-0.05, 0) is 13.0 Å². The molecule has 0 fully saturated rings. The molecule has 1 atom stereocenters. The van der Waals surface area contributed by atoms with E-state index in [9.17, 15) is 4.79 Å². The molecule has 18 heavy (non-hydrogen) atoms. The molecule has 2 N–H and O–H groups in total. The highest BCUT2D eigenvalue weighted by Gasteiger charge is 2.14. The van der Waals surface area contributed by atoms with Crippen LogP contribution in [0.3, 0.4) is 0 Å². The van der Waals surface area contributed by atoms with Crippen LogP contribution >= 0.6 is 0 Å². The predicted octanol–water partition coefficient (Wildman–Crippen LogP) is -0.0887. The molecule has 0 aliphatic rings. The Bertz CT molecular complexity index is 443. The van der Waals surface area contributed by atoms with E-state index in [1.165, 1.54) is 12.3 Å². The lowest BCUT2D eigenvalue weighted by atomic mass is 10.2. The molecule has 1 unspecified atom stereocenters. The summed E-state index contributed by atoms with van der Waals surface area (Å²) in [5, 5.41) is 21.8. The zero-order valence-corrected chi connectivity index (χ0v) is 10.3. The number of nitriles is 1. The minimum absolute atomic E-state index is 0.193. The van der Waals surface area contributed by atoms with E-state index in [1.807, 2.05) is 6.07 Å². The average molecular weight is 249 g/mol. The molecule has 7 heteroatoms. The van der Waals surface area contributed by atoms with Crippen molar-refractivity contribution < 1.29 is 9.53 Å². The first-order valence-corrected chi connectivity index (χ1v) is 5.44. The predicted molar refractivity (Wildman–Crippen MR) is 64.7 cm³/mol. The second kappa shape index (κ2) is 7.19. The molecule has 1 heterocycles. The van der Waals surface area contributed by atoms with Gasteiger partial charge in [-0.15, -0.1) is 5.10 Å². The number of hydrogen-bond donors (Lipinski definition) is 2. The summed E-state index contributed by atoms with van der Waals surface area (Å²) in [7, 11) is 1.56. The van der Waals surface area contributed by atoms with Gasteiger partial charge >= 0.3 is 0 Å². The monoisotopic (exact) mass is 249 g/mol. The zero-order chi connectivity index (χ0) is 13.4. The summed E-state index contributed by atoms with van der Waals surface area (Å²) in [6.45, 7) is 2.57. The van der Waals surface area contributed by atoms with Gasteiger partial charge in [-0.2, -0.15) is 10.4 Å². The number of carbonyl (C=O) groups excluding carboxylic acids is 1. The molecule has 7 nitrogen and oxygen atoms in total. The van der Waals surface area contributed by atoms with Crippen LogP contribution in [0.25, 0.3) is 0 Å². The standard InChI is InChI=1S/C11H15N5O2/c1-8(11(17)13-5-6-18-2)15-10-9(7-12)3-4-14-16-10/h3-4,8H,5-6H2,1-2H3,(H,13,17)(H,15,16). The van der Waals surface area contributed by atoms with Crippen molar-refractivity contribution in [2.45, 2.75) is 13.0 Å². The van der Waals surface area contributed by atoms with Crippen LogP contribution < -0.4 is 10.6 Å². The first-order valence-electron chi connectivity index (χ1n) is 5.44. The number of amides is 1. The number of aromatic nitrogens is 2. The summed E-state index contributed by atoms with van der Waals surface area (Å²) in [5.41, 5.74) is 0.349. The van der Waals surface area contributed by atoms with Crippen LogP contribution in [0.5, 0.6) is 0 Å². The molecular weight excluding hydrogens is 234 g/mol. The van der Waals surface area contributed by atoms with E-state index < -0.39 is 6.04 Å². The maximum atomic E-state index is 11.7. The molecule has 96 valence electrons. The van der Waals surface area contributed by atoms with Gasteiger partial charge in [0.1, 0.15) is 12.1 Å². The minimum Gasteiger partial charge on any atom is -0.383 e. The average Bonchev–Trinajstić information content (AvgIpc) is 2.39. The Hall–Kier alpha value is -2.20. The van der Waals surface area contributed by atoms with Crippen LogP contribution in [0, 0.1) is 11.3 Å². The Labute approximate surface area is 105 Å². The number of ether oxygens (including phenoxy) is 1. The second-order valence-electron chi connectivity index (χ2n) is 3.56. The lowest BCUT2D eigenvalue weighted by Crippen LogP contribution is -2.39. The highest BCUT2D eigenvalue weighted by molar-refractivity contribution is 5.84. The molecule has 1 aromatic heterocycles. The largest absolute Gasteiger partial charge is 0.383 e. The summed E-state index contributed by atoms with van der Waals surface area (Å²) in [6, 6.07) is 3.00. The van der Waals surface area contributed by atoms with E-state index in [-0.39, 0.29) is 5.91 Å². The van der Waals surface area contributed by atoms with Crippen LogP contribution in [0.2, 0.25) is 0 Å². The third-order valence-electron chi connectivity index (χ3n) is 2.19. The molecular formula is C11H15N5O2. The molecule has 1 amide bonds. The topological polar surface area (TPSA) is 99.9 Å². The first-order chi connectivity index (χ1) is 8.69. The van der Waals surface area contributed by atoms with Crippen molar-refractivity contribution >= 4 is 11.7 Å². The van der Waals surface area contributed by atoms with Gasteiger partial charge in [-0.25, -0.2) is 0 Å². The van der Waals surface area contributed by atoms with Gasteiger partial charge in [0, 0.05) is 13.7 Å². The quantitative estimate of drug-likeness (QED) is 0.683. The van der Waals surface area contributed by atoms with Crippen molar-refractivity contribution in [3.05, 3.63) is 17.8 Å². The highest BCUT2D eigenvalue weighted by atomic mass is 16.5. The number of nitrogens with one attached hydrogen (secondary N) is 2. The van der Waals surface area contributed by atoms with Crippen molar-refractivity contribution in [3.8, 4) is 6.07 Å². The Balaban J connectivity index is 2.56. The van der Waals surface area contributed by atoms with E-state index in [0.29, 0.717) is 24.5 Å². The molecule has 1 aromatic rings. The molecule has 0 aliphatic heterocycles. The molecule has 0 aliphatic carbocycles. The van der Waals surface area contributed by atoms with Crippen molar-refractivity contribution in [1.82, 2.24) is 15.5 Å². The molecule has 0 saturated heterocycles. The van der Waals surface area contributed by atoms with Crippen LogP contribution in [0.15, 0.2) is 12.3 Å². The summed E-state index contributed by atoms with van der Waals surface area (Å²) < 4.78 is 4.83. The molecule has 0 aromatic carbocycles. The summed E-state index contributed by atoms with van der Waals surface area (Å²) in [5.74, 6) is 0.107. The Morgan fingerprint density at radius 1 is 1.67 bits per heavy atom. The number of nitrogens with zero attached hydrogens (tertiary/aromatic N) is 3. The SMILES string of the molecule is COCCNC(=O)C(C)Nc1nnccc1C#N. The lowest BCUT2D eigenvalue weighted by molar-refractivity contribution is -0.121. The fourth-order valence-corrected chi connectivity index (χ4v) is 1.23. The van der Waals surface area contributed by atoms with Gasteiger partial charge in [-0.3, -0.25) is 4.79 Å². The summed E-state index contributed by atoms with van der Waals surface area (Å²) in [4.78, 5) is 11.7. The lowest BCUT2D eigenvalue weighted by Gasteiger charge is -2.14. The van der Waals surface area contributed by atoms with Crippen LogP contribution in [0.4, 0.5) is 5.82 Å². The fraction of sp³-hybridized carbons (Fsp3) is 0.455. The summed E-state index contributed by atoms with van der Waals surface area (Å²) in [6.07, 6.45) is 1.42. The Kier molecular flexibility index (Phi) is 5.54. The van der Waals surface area contributed by atoms with Crippen molar-refractivity contribution in [3.63, 3.8) is 0 Å². The van der Waals surface area contributed by atoms with Gasteiger partial charge in [0.05, 0.1) is 18.4 Å². The number of anilines is 1. The number of rotatable bonds is 6. The maximum Gasteiger partial charge on any atom is 0.242 e. The van der Waals surface area contributed by atoms with Crippen molar-refractivity contribution in [2.24, 2.45) is 0 Å². The van der Waals surface area contributed by atoms with E-state index in [2.05, 4.69) is 20.8 Å². The Morgan fingerprint density at radius 2 is 2.44 bits per heavy atom. The van der Waals surface area contributed by atoms with Crippen molar-refractivity contribution in [1.29, 1.82) is 5.26 Å². The van der Waals surface area contributed by atoms with Crippen molar-refractivity contribution in [2.75, 3.05) is 25.6 Å². The number of hydrogen-bond acceptors (Lipinski definition) is 6. The highest BCUT2D eigenvalue weighted by Crippen LogP contribution is 2.09. The number of carbonyl (C=O) groups is 1. The smallest absolute Gasteiger partial charge is 0.242 e. The van der Waals surface area contributed by atoms with E-state index in [4.69, 9.17) is 10.00 Å². The molecule has 1 rings (SSSR count). The third-order valence-corrected chi connectivity index (χ3v) is 2.19. The molecule has 0 saturated carbocycles. The van der Waals surface area contributed by atoms with Crippen LogP contribution in [-0.4, -0.2) is 42.4 Å². The summed E-state index contributed by atoms with van der Waals surface area (Å²) >= 11 is 0. The normalized spacial score (nSPS) is 11.4. The van der Waals surface area contributed by atoms with Gasteiger partial charge < -0.3 is 15.4 Å². The maximum absolute atomic E-state index is 11.7. The third kappa shape index (κ3) is 3.99. The molecule has 0 spiro atoms. The fourth-order valence-electron chi connectivity index (χ4n) is 1.23. The van der Waals surface area contributed by atoms with Crippen LogP contribution in [-0.2, 0) is 9.53 Å². The first kappa shape index (κ1) is 13.9. The number of methoxy groups -OCH3 is 1. The zero-order valence-electron chi connectivity index (χ0n) is 10.3. The Morgan fingerprint density at radius 3 is 3.11 bits per heavy atom. The van der Waals surface area contributed by atoms with Crippen LogP contribution in [0.1, 0.15) is 12.5 Å². The second-order valence-corrected chi connectivity index (χ2v) is 3.56. The van der Waals surface area contributed by atoms with E-state index in [0.717, 1.165) is 0 Å². The van der Waals surface area contributed by atoms with E-state index in [1.54, 1.807) is 14.0 Å². The molecule has 0 bridgehead atoms.